The zero-order chi connectivity index (χ0) is 32.4. The fourth-order valence-corrected chi connectivity index (χ4v) is 4.09. The summed E-state index contributed by atoms with van der Waals surface area (Å²) in [5.74, 6) is -3.38. The Morgan fingerprint density at radius 2 is 1.77 bits per heavy atom. The summed E-state index contributed by atoms with van der Waals surface area (Å²) in [4.78, 5) is 72.5. The van der Waals surface area contributed by atoms with Crippen molar-refractivity contribution in [3.05, 3.63) is 42.0 Å². The molecule has 44 heavy (non-hydrogen) atoms. The van der Waals surface area contributed by atoms with Crippen LogP contribution in [0.15, 0.2) is 36.4 Å². The Hall–Kier alpha value is -4.56. The smallest absolute Gasteiger partial charge is 0.333 e. The first-order valence-electron chi connectivity index (χ1n) is 14.0. The van der Waals surface area contributed by atoms with E-state index >= 15 is 0 Å². The van der Waals surface area contributed by atoms with Gasteiger partial charge in [-0.15, -0.1) is 0 Å². The molecule has 4 amide bonds. The van der Waals surface area contributed by atoms with Crippen molar-refractivity contribution in [1.82, 2.24) is 10.2 Å². The molecule has 1 aromatic rings. The lowest BCUT2D eigenvalue weighted by molar-refractivity contribution is -0.195. The second-order valence-corrected chi connectivity index (χ2v) is 11.2. The van der Waals surface area contributed by atoms with Gasteiger partial charge in [-0.25, -0.2) is 4.79 Å². The number of benzene rings is 1. The minimum atomic E-state index is -1.26. The van der Waals surface area contributed by atoms with Crippen LogP contribution in [-0.4, -0.2) is 88.9 Å². The second kappa shape index (κ2) is 15.3. The Bertz CT molecular complexity index is 1310. The quantitative estimate of drug-likeness (QED) is 0.185. The minimum Gasteiger partial charge on any atom is -0.479 e. The van der Waals surface area contributed by atoms with E-state index in [-0.39, 0.29) is 62.8 Å². The van der Waals surface area contributed by atoms with Gasteiger partial charge in [0.2, 0.25) is 18.1 Å². The molecule has 14 heteroatoms. The minimum absolute atomic E-state index is 0.00861. The van der Waals surface area contributed by atoms with E-state index in [1.165, 1.54) is 6.07 Å². The van der Waals surface area contributed by atoms with Crippen molar-refractivity contribution in [1.29, 1.82) is 0 Å². The third-order valence-electron chi connectivity index (χ3n) is 6.45. The molecule has 0 spiro atoms. The molecule has 3 rings (SSSR count). The highest BCUT2D eigenvalue weighted by Gasteiger charge is 2.34. The van der Waals surface area contributed by atoms with Gasteiger partial charge < -0.3 is 35.1 Å². The molecule has 0 saturated carbocycles. The molecule has 3 unspecified atom stereocenters. The molecule has 14 nitrogen and oxygen atoms in total. The summed E-state index contributed by atoms with van der Waals surface area (Å²) in [5, 5.41) is 24.7. The maximum Gasteiger partial charge on any atom is 0.333 e. The number of carbonyl (C=O) groups excluding carboxylic acids is 5. The van der Waals surface area contributed by atoms with E-state index in [9.17, 15) is 39.0 Å². The maximum atomic E-state index is 12.8. The molecule has 1 aromatic carbocycles. The number of nitrogens with zero attached hydrogens (tertiary/aromatic N) is 1. The SMILES string of the molecule is CC(C)(C)C(=O)OC/C=C/c1ccc(OC2CC(O)CC(C(=O)O)O2)c(NC(=O)CCNC(=O)CCN2C(=O)C=CC2=O)c1. The molecule has 4 N–H and O–H groups in total. The van der Waals surface area contributed by atoms with Gasteiger partial charge in [-0.2, -0.15) is 0 Å². The lowest BCUT2D eigenvalue weighted by Crippen LogP contribution is -2.42. The fourth-order valence-electron chi connectivity index (χ4n) is 4.09. The molecule has 3 atom stereocenters. The monoisotopic (exact) mass is 615 g/mol. The van der Waals surface area contributed by atoms with E-state index in [1.54, 1.807) is 45.1 Å². The maximum absolute atomic E-state index is 12.8. The summed E-state index contributed by atoms with van der Waals surface area (Å²) >= 11 is 0. The van der Waals surface area contributed by atoms with Gasteiger partial charge in [-0.1, -0.05) is 12.1 Å². The third kappa shape index (κ3) is 10.3. The van der Waals surface area contributed by atoms with Gasteiger partial charge >= 0.3 is 11.9 Å². The van der Waals surface area contributed by atoms with Crippen molar-refractivity contribution in [3.63, 3.8) is 0 Å². The van der Waals surface area contributed by atoms with Crippen molar-refractivity contribution < 1.29 is 53.2 Å². The average molecular weight is 616 g/mol. The summed E-state index contributed by atoms with van der Waals surface area (Å²) in [6.07, 6.45) is 1.89. The zero-order valence-electron chi connectivity index (χ0n) is 24.7. The summed E-state index contributed by atoms with van der Waals surface area (Å²) in [6.45, 7) is 5.13. The topological polar surface area (TPSA) is 198 Å². The number of aliphatic hydroxyl groups is 1. The molecular weight excluding hydrogens is 578 g/mol. The van der Waals surface area contributed by atoms with E-state index < -0.39 is 53.5 Å². The molecule has 2 heterocycles. The van der Waals surface area contributed by atoms with Crippen LogP contribution in [0.25, 0.3) is 6.08 Å². The van der Waals surface area contributed by atoms with Gasteiger partial charge in [0, 0.05) is 50.9 Å². The van der Waals surface area contributed by atoms with Crippen LogP contribution in [0.3, 0.4) is 0 Å². The molecule has 2 aliphatic heterocycles. The predicted octanol–water partition coefficient (Wildman–Crippen LogP) is 1.38. The van der Waals surface area contributed by atoms with Crippen LogP contribution in [-0.2, 0) is 38.2 Å². The summed E-state index contributed by atoms with van der Waals surface area (Å²) in [6, 6.07) is 4.78. The number of ether oxygens (including phenoxy) is 3. The van der Waals surface area contributed by atoms with Gasteiger partial charge in [-0.3, -0.25) is 28.9 Å². The highest BCUT2D eigenvalue weighted by Crippen LogP contribution is 2.31. The Balaban J connectivity index is 1.62. The number of rotatable bonds is 13. The lowest BCUT2D eigenvalue weighted by atomic mass is 9.97. The van der Waals surface area contributed by atoms with Crippen LogP contribution in [0.2, 0.25) is 0 Å². The molecule has 2 aliphatic rings. The van der Waals surface area contributed by atoms with Crippen molar-refractivity contribution in [2.45, 2.75) is 65.0 Å². The van der Waals surface area contributed by atoms with Crippen LogP contribution in [0, 0.1) is 5.41 Å². The number of carboxylic acids is 1. The number of hydrogen-bond donors (Lipinski definition) is 4. The molecule has 0 bridgehead atoms. The Labute approximate surface area is 254 Å². The first-order chi connectivity index (χ1) is 20.7. The van der Waals surface area contributed by atoms with Crippen LogP contribution < -0.4 is 15.4 Å². The van der Waals surface area contributed by atoms with E-state index in [1.807, 2.05) is 0 Å². The number of carbonyl (C=O) groups is 6. The zero-order valence-corrected chi connectivity index (χ0v) is 24.7. The summed E-state index contributed by atoms with van der Waals surface area (Å²) < 4.78 is 16.5. The molecule has 1 saturated heterocycles. The Kier molecular flexibility index (Phi) is 11.8. The van der Waals surface area contributed by atoms with Gasteiger partial charge in [0.1, 0.15) is 12.4 Å². The van der Waals surface area contributed by atoms with Crippen LogP contribution in [0.1, 0.15) is 52.0 Å². The molecular formula is C30H37N3O11. The van der Waals surface area contributed by atoms with Crippen molar-refractivity contribution in [2.24, 2.45) is 5.41 Å². The van der Waals surface area contributed by atoms with Crippen molar-refractivity contribution in [3.8, 4) is 5.75 Å². The number of nitrogens with one attached hydrogen (secondary N) is 2. The summed E-state index contributed by atoms with van der Waals surface area (Å²) in [5.41, 5.74) is 0.173. The van der Waals surface area contributed by atoms with E-state index in [2.05, 4.69) is 10.6 Å². The largest absolute Gasteiger partial charge is 0.479 e. The van der Waals surface area contributed by atoms with Gasteiger partial charge in [0.25, 0.3) is 11.8 Å². The number of aliphatic hydroxyl groups excluding tert-OH is 1. The number of esters is 1. The normalized spacial score (nSPS) is 20.1. The third-order valence-corrected chi connectivity index (χ3v) is 6.45. The number of anilines is 1. The Morgan fingerprint density at radius 1 is 1.07 bits per heavy atom. The predicted molar refractivity (Wildman–Crippen MR) is 155 cm³/mol. The average Bonchev–Trinajstić information content (AvgIpc) is 3.26. The molecule has 1 fully saturated rings. The fraction of sp³-hybridized carbons (Fsp3) is 0.467. The first-order valence-corrected chi connectivity index (χ1v) is 14.0. The first kappa shape index (κ1) is 33.9. The number of amides is 4. The van der Waals surface area contributed by atoms with Gasteiger partial charge in [-0.05, 0) is 44.5 Å². The number of hydrogen-bond acceptors (Lipinski definition) is 10. The second-order valence-electron chi connectivity index (χ2n) is 11.2. The highest BCUT2D eigenvalue weighted by molar-refractivity contribution is 6.13. The van der Waals surface area contributed by atoms with E-state index in [0.29, 0.717) is 5.56 Å². The highest BCUT2D eigenvalue weighted by atomic mass is 16.7. The number of aliphatic carboxylic acids is 1. The molecule has 0 aliphatic carbocycles. The van der Waals surface area contributed by atoms with Gasteiger partial charge in [0.05, 0.1) is 17.2 Å². The van der Waals surface area contributed by atoms with Crippen molar-refractivity contribution >= 4 is 47.3 Å². The van der Waals surface area contributed by atoms with E-state index in [0.717, 1.165) is 17.1 Å². The number of imide groups is 1. The molecule has 0 radical (unpaired) electrons. The lowest BCUT2D eigenvalue weighted by Gasteiger charge is -2.31. The van der Waals surface area contributed by atoms with Crippen molar-refractivity contribution in [2.75, 3.05) is 25.0 Å². The Morgan fingerprint density at radius 3 is 2.43 bits per heavy atom. The summed E-state index contributed by atoms with van der Waals surface area (Å²) in [7, 11) is 0. The van der Waals surface area contributed by atoms with E-state index in [4.69, 9.17) is 14.2 Å². The van der Waals surface area contributed by atoms with Crippen LogP contribution in [0.4, 0.5) is 5.69 Å². The molecule has 0 aromatic heterocycles. The number of carboxylic acid groups (broad SMARTS) is 1. The van der Waals surface area contributed by atoms with Gasteiger partial charge in [0.15, 0.2) is 6.10 Å². The molecule has 238 valence electrons. The van der Waals surface area contributed by atoms with Crippen LogP contribution in [0.5, 0.6) is 5.75 Å². The standard InChI is InChI=1S/C30H37N3O11/c1-30(2,3)29(41)42-14-4-5-18-6-7-21(43-27-17-19(34)16-22(44-27)28(39)40)20(15-18)32-24(36)10-12-31-23(35)11-13-33-25(37)8-9-26(33)38/h4-9,15,19,22,27,34H,10-14,16-17H2,1-3H3,(H,31,35)(H,32,36)(H,39,40)/b5-4+. The van der Waals surface area contributed by atoms with Crippen LogP contribution >= 0.6 is 0 Å².